The summed E-state index contributed by atoms with van der Waals surface area (Å²) in [5.74, 6) is -4.06. The first-order valence-electron chi connectivity index (χ1n) is 6.25. The standard InChI is InChI=1S/C13H11N3O6S/c1-7-11(18)12(19)13(20)16(14-7)9-3-5-10(6-4-9)23(21,22)15-8(2)17/h3-6H,1-2H3,(H,15,17). The molecule has 1 aromatic rings. The summed E-state index contributed by atoms with van der Waals surface area (Å²) in [4.78, 5) is 45.3. The molecule has 1 heterocycles. The van der Waals surface area contributed by atoms with Gasteiger partial charge in [0, 0.05) is 6.92 Å². The molecule has 0 radical (unpaired) electrons. The molecule has 10 heteroatoms. The number of amides is 2. The fourth-order valence-corrected chi connectivity index (χ4v) is 2.78. The number of anilines is 1. The van der Waals surface area contributed by atoms with Gasteiger partial charge in [-0.15, -0.1) is 0 Å². The molecular weight excluding hydrogens is 326 g/mol. The minimum Gasteiger partial charge on any atom is -0.283 e. The molecule has 1 N–H and O–H groups in total. The van der Waals surface area contributed by atoms with Crippen molar-refractivity contribution in [2.45, 2.75) is 18.7 Å². The summed E-state index contributed by atoms with van der Waals surface area (Å²) in [6, 6.07) is 4.73. The van der Waals surface area contributed by atoms with Gasteiger partial charge in [-0.2, -0.15) is 10.1 Å². The van der Waals surface area contributed by atoms with E-state index < -0.39 is 33.4 Å². The summed E-state index contributed by atoms with van der Waals surface area (Å²) >= 11 is 0. The Morgan fingerprint density at radius 2 is 1.65 bits per heavy atom. The van der Waals surface area contributed by atoms with Crippen LogP contribution < -0.4 is 9.73 Å². The molecule has 23 heavy (non-hydrogen) atoms. The lowest BCUT2D eigenvalue weighted by Crippen LogP contribution is -2.44. The van der Waals surface area contributed by atoms with Crippen molar-refractivity contribution in [2.75, 3.05) is 5.01 Å². The van der Waals surface area contributed by atoms with Crippen LogP contribution in [0.2, 0.25) is 0 Å². The van der Waals surface area contributed by atoms with Gasteiger partial charge in [0.05, 0.1) is 10.6 Å². The zero-order valence-corrected chi connectivity index (χ0v) is 12.9. The highest BCUT2D eigenvalue weighted by Crippen LogP contribution is 2.20. The average molecular weight is 337 g/mol. The molecule has 0 fully saturated rings. The van der Waals surface area contributed by atoms with Crippen molar-refractivity contribution in [3.8, 4) is 0 Å². The van der Waals surface area contributed by atoms with Crippen LogP contribution in [0.25, 0.3) is 0 Å². The van der Waals surface area contributed by atoms with E-state index in [1.54, 1.807) is 4.72 Å². The van der Waals surface area contributed by atoms with Gasteiger partial charge in [-0.1, -0.05) is 0 Å². The summed E-state index contributed by atoms with van der Waals surface area (Å²) in [5, 5.41) is 4.43. The number of rotatable bonds is 3. The average Bonchev–Trinajstić information content (AvgIpc) is 2.48. The molecule has 0 unspecified atom stereocenters. The largest absolute Gasteiger partial charge is 0.323 e. The molecule has 0 atom stereocenters. The Bertz CT molecular complexity index is 854. The van der Waals surface area contributed by atoms with E-state index in [1.807, 2.05) is 0 Å². The summed E-state index contributed by atoms with van der Waals surface area (Å²) in [6.07, 6.45) is 0. The highest BCUT2D eigenvalue weighted by molar-refractivity contribution is 7.90. The van der Waals surface area contributed by atoms with E-state index >= 15 is 0 Å². The Morgan fingerprint density at radius 3 is 2.17 bits per heavy atom. The van der Waals surface area contributed by atoms with Gasteiger partial charge in [0.1, 0.15) is 5.71 Å². The van der Waals surface area contributed by atoms with Crippen LogP contribution in [0.5, 0.6) is 0 Å². The molecule has 0 spiro atoms. The van der Waals surface area contributed by atoms with Crippen LogP contribution >= 0.6 is 0 Å². The lowest BCUT2D eigenvalue weighted by Gasteiger charge is -2.20. The first kappa shape index (κ1) is 16.5. The second kappa shape index (κ2) is 5.72. The molecule has 0 bridgehead atoms. The number of nitrogens with one attached hydrogen (secondary N) is 1. The summed E-state index contributed by atoms with van der Waals surface area (Å²) in [5.41, 5.74) is -0.0403. The number of sulfonamides is 1. The van der Waals surface area contributed by atoms with Gasteiger partial charge < -0.3 is 0 Å². The monoisotopic (exact) mass is 337 g/mol. The minimum absolute atomic E-state index is 0.108. The van der Waals surface area contributed by atoms with Crippen LogP contribution in [0.1, 0.15) is 13.8 Å². The van der Waals surface area contributed by atoms with E-state index in [0.29, 0.717) is 5.01 Å². The zero-order valence-electron chi connectivity index (χ0n) is 12.1. The summed E-state index contributed by atoms with van der Waals surface area (Å²) in [6.45, 7) is 2.34. The van der Waals surface area contributed by atoms with Crippen LogP contribution in [0, 0.1) is 0 Å². The summed E-state index contributed by atoms with van der Waals surface area (Å²) < 4.78 is 25.4. The summed E-state index contributed by atoms with van der Waals surface area (Å²) in [7, 11) is -4.01. The maximum Gasteiger partial charge on any atom is 0.323 e. The van der Waals surface area contributed by atoms with E-state index in [0.717, 1.165) is 19.1 Å². The highest BCUT2D eigenvalue weighted by Gasteiger charge is 2.35. The molecule has 1 aromatic carbocycles. The molecule has 0 aromatic heterocycles. The Hall–Kier alpha value is -2.88. The van der Waals surface area contributed by atoms with E-state index in [9.17, 15) is 27.6 Å². The van der Waals surface area contributed by atoms with Gasteiger partial charge in [0.25, 0.3) is 21.6 Å². The topological polar surface area (TPSA) is 130 Å². The van der Waals surface area contributed by atoms with Crippen LogP contribution in [0.4, 0.5) is 5.69 Å². The number of hydrogen-bond donors (Lipinski definition) is 1. The van der Waals surface area contributed by atoms with Crippen LogP contribution in [0.15, 0.2) is 34.3 Å². The number of hydrogen-bond acceptors (Lipinski definition) is 7. The zero-order chi connectivity index (χ0) is 17.4. The Balaban J connectivity index is 2.37. The minimum atomic E-state index is -4.01. The number of carbonyl (C=O) groups excluding carboxylic acids is 4. The molecule has 0 saturated carbocycles. The van der Waals surface area contributed by atoms with Crippen molar-refractivity contribution in [1.29, 1.82) is 0 Å². The lowest BCUT2D eigenvalue weighted by molar-refractivity contribution is -0.142. The number of carbonyl (C=O) groups is 4. The van der Waals surface area contributed by atoms with Gasteiger partial charge in [0.15, 0.2) is 0 Å². The van der Waals surface area contributed by atoms with Crippen LogP contribution in [0.3, 0.4) is 0 Å². The highest BCUT2D eigenvalue weighted by atomic mass is 32.2. The third kappa shape index (κ3) is 3.16. The molecule has 0 saturated heterocycles. The van der Waals surface area contributed by atoms with Crippen molar-refractivity contribution in [3.63, 3.8) is 0 Å². The number of ketones is 2. The second-order valence-electron chi connectivity index (χ2n) is 4.62. The van der Waals surface area contributed by atoms with Crippen LogP contribution in [-0.2, 0) is 29.2 Å². The quantitative estimate of drug-likeness (QED) is 0.731. The van der Waals surface area contributed by atoms with E-state index in [-0.39, 0.29) is 16.3 Å². The van der Waals surface area contributed by atoms with Gasteiger partial charge in [-0.25, -0.2) is 13.1 Å². The normalized spacial score (nSPS) is 15.5. The number of benzene rings is 1. The molecule has 1 aliphatic rings. The Morgan fingerprint density at radius 1 is 1.09 bits per heavy atom. The molecular formula is C13H11N3O6S. The predicted octanol–water partition coefficient (Wildman–Crippen LogP) is -0.628. The fourth-order valence-electron chi connectivity index (χ4n) is 1.79. The molecule has 2 amide bonds. The number of nitrogens with zero attached hydrogens (tertiary/aromatic N) is 2. The van der Waals surface area contributed by atoms with Crippen molar-refractivity contribution >= 4 is 44.8 Å². The fraction of sp³-hybridized carbons (Fsp3) is 0.154. The third-order valence-electron chi connectivity index (χ3n) is 2.84. The van der Waals surface area contributed by atoms with E-state index in [1.165, 1.54) is 19.1 Å². The molecule has 0 aliphatic carbocycles. The number of hydrazone groups is 1. The Kier molecular flexibility index (Phi) is 4.10. The van der Waals surface area contributed by atoms with Crippen molar-refractivity contribution in [2.24, 2.45) is 5.10 Å². The van der Waals surface area contributed by atoms with Crippen molar-refractivity contribution in [1.82, 2.24) is 4.72 Å². The maximum atomic E-state index is 11.8. The van der Waals surface area contributed by atoms with Crippen molar-refractivity contribution < 1.29 is 27.6 Å². The van der Waals surface area contributed by atoms with Gasteiger partial charge in [-0.05, 0) is 31.2 Å². The second-order valence-corrected chi connectivity index (χ2v) is 6.30. The van der Waals surface area contributed by atoms with Crippen molar-refractivity contribution in [3.05, 3.63) is 24.3 Å². The van der Waals surface area contributed by atoms with Gasteiger partial charge in [0.2, 0.25) is 5.91 Å². The predicted molar refractivity (Wildman–Crippen MR) is 78.1 cm³/mol. The van der Waals surface area contributed by atoms with E-state index in [2.05, 4.69) is 5.10 Å². The molecule has 120 valence electrons. The van der Waals surface area contributed by atoms with Gasteiger partial charge >= 0.3 is 5.91 Å². The van der Waals surface area contributed by atoms with Crippen LogP contribution in [-0.4, -0.2) is 37.5 Å². The molecule has 9 nitrogen and oxygen atoms in total. The first-order chi connectivity index (χ1) is 10.6. The number of Topliss-reactive ketones (excluding diaryl/α,β-unsaturated/α-hetero) is 2. The molecule has 1 aliphatic heterocycles. The lowest BCUT2D eigenvalue weighted by atomic mass is 10.1. The van der Waals surface area contributed by atoms with E-state index in [4.69, 9.17) is 0 Å². The maximum absolute atomic E-state index is 11.8. The SMILES string of the molecule is CC(=O)NS(=O)(=O)c1ccc(N2N=C(C)C(=O)C(=O)C2=O)cc1. The third-order valence-corrected chi connectivity index (χ3v) is 4.29. The smallest absolute Gasteiger partial charge is 0.283 e. The molecule has 2 rings (SSSR count). The van der Waals surface area contributed by atoms with Gasteiger partial charge in [-0.3, -0.25) is 19.2 Å². The first-order valence-corrected chi connectivity index (χ1v) is 7.73. The Labute approximate surface area is 131 Å².